The Bertz CT molecular complexity index is 2750. The monoisotopic (exact) mass is 610 g/mol. The second kappa shape index (κ2) is 10.9. The lowest BCUT2D eigenvalue weighted by Gasteiger charge is -2.16. The molecule has 0 spiro atoms. The van der Waals surface area contributed by atoms with Crippen LogP contribution >= 0.6 is 0 Å². The Kier molecular flexibility index (Phi) is 6.22. The van der Waals surface area contributed by atoms with Gasteiger partial charge in [-0.3, -0.25) is 0 Å². The lowest BCUT2D eigenvalue weighted by molar-refractivity contribution is 1.18. The molecule has 4 heteroatoms. The Morgan fingerprint density at radius 2 is 1.08 bits per heavy atom. The van der Waals surface area contributed by atoms with Gasteiger partial charge in [-0.25, -0.2) is 4.85 Å². The van der Waals surface area contributed by atoms with E-state index >= 15 is 0 Å². The van der Waals surface area contributed by atoms with E-state index < -0.39 is 0 Å². The lowest BCUT2D eigenvalue weighted by atomic mass is 9.96. The van der Waals surface area contributed by atoms with Gasteiger partial charge in [0.15, 0.2) is 0 Å². The van der Waals surface area contributed by atoms with E-state index in [2.05, 4.69) is 135 Å². The van der Waals surface area contributed by atoms with Gasteiger partial charge in [-0.15, -0.1) is 0 Å². The van der Waals surface area contributed by atoms with Crippen LogP contribution in [-0.2, 0) is 0 Å². The molecule has 0 radical (unpaired) electrons. The van der Waals surface area contributed by atoms with Crippen LogP contribution in [0.4, 0.5) is 5.69 Å². The van der Waals surface area contributed by atoms with Crippen molar-refractivity contribution in [3.05, 3.63) is 175 Å². The van der Waals surface area contributed by atoms with Gasteiger partial charge in [0.25, 0.3) is 0 Å². The van der Waals surface area contributed by atoms with Crippen molar-refractivity contribution >= 4 is 49.3 Å². The van der Waals surface area contributed by atoms with Gasteiger partial charge >= 0.3 is 0 Å². The van der Waals surface area contributed by atoms with E-state index in [0.717, 1.165) is 55.4 Å². The molecule has 0 saturated heterocycles. The first-order valence-corrected chi connectivity index (χ1v) is 15.9. The van der Waals surface area contributed by atoms with Gasteiger partial charge in [0, 0.05) is 27.4 Å². The third-order valence-corrected chi connectivity index (χ3v) is 9.37. The molecule has 0 aliphatic heterocycles. The SMILES string of the molecule is [C-]#[N+]c1cccc2c3ccccc3n(-c3ccc(C#N)cc3-c3cccc(-c4ccc(-n5c6ccccc6c6ccccc65)cc4)c3)c12. The average molecular weight is 611 g/mol. The zero-order valence-corrected chi connectivity index (χ0v) is 25.8. The van der Waals surface area contributed by atoms with Crippen LogP contribution < -0.4 is 0 Å². The molecule has 0 amide bonds. The van der Waals surface area contributed by atoms with E-state index in [0.29, 0.717) is 11.3 Å². The van der Waals surface area contributed by atoms with Crippen LogP contribution in [0.3, 0.4) is 0 Å². The first kappa shape index (κ1) is 27.4. The average Bonchev–Trinajstić information content (AvgIpc) is 3.68. The van der Waals surface area contributed by atoms with Gasteiger partial charge in [-0.1, -0.05) is 103 Å². The normalized spacial score (nSPS) is 11.3. The summed E-state index contributed by atoms with van der Waals surface area (Å²) in [5.74, 6) is 0. The number of hydrogen-bond acceptors (Lipinski definition) is 1. The van der Waals surface area contributed by atoms with Crippen molar-refractivity contribution in [1.82, 2.24) is 9.13 Å². The second-order valence-electron chi connectivity index (χ2n) is 12.0. The Balaban J connectivity index is 1.19. The maximum atomic E-state index is 9.93. The molecule has 0 aliphatic rings. The summed E-state index contributed by atoms with van der Waals surface area (Å²) in [5, 5.41) is 14.5. The van der Waals surface area contributed by atoms with Crippen molar-refractivity contribution in [3.8, 4) is 39.7 Å². The van der Waals surface area contributed by atoms with Crippen LogP contribution in [0.25, 0.3) is 82.1 Å². The molecular weight excluding hydrogens is 585 g/mol. The maximum absolute atomic E-state index is 9.93. The van der Waals surface area contributed by atoms with Gasteiger partial charge in [0.1, 0.15) is 0 Å². The fourth-order valence-corrected chi connectivity index (χ4v) is 7.24. The largest absolute Gasteiger partial charge is 0.318 e. The Labute approximate surface area is 277 Å². The molecule has 9 aromatic rings. The Hall–Kier alpha value is -6.88. The maximum Gasteiger partial charge on any atom is 0.211 e. The number of para-hydroxylation sites is 4. The topological polar surface area (TPSA) is 38.0 Å². The fraction of sp³-hybridized carbons (Fsp3) is 0. The van der Waals surface area contributed by atoms with E-state index in [-0.39, 0.29) is 0 Å². The summed E-state index contributed by atoms with van der Waals surface area (Å²) < 4.78 is 4.51. The Morgan fingerprint density at radius 3 is 1.75 bits per heavy atom. The van der Waals surface area contributed by atoms with E-state index in [4.69, 9.17) is 6.57 Å². The van der Waals surface area contributed by atoms with Gasteiger partial charge in [-0.2, -0.15) is 5.26 Å². The standard InChI is InChI=1S/C44H26N4/c1-46-39-16-9-15-37-36-14-4-7-19-42(36)48(44(37)39)43-25-20-29(28-45)26-38(43)32-11-8-10-31(27-32)30-21-23-33(24-22-30)47-40-17-5-2-12-34(40)35-13-3-6-18-41(35)47/h2-27H. The first-order chi connectivity index (χ1) is 23.7. The number of nitrogens with zero attached hydrogens (tertiary/aromatic N) is 4. The van der Waals surface area contributed by atoms with E-state index in [1.807, 2.05) is 42.5 Å². The highest BCUT2D eigenvalue weighted by Gasteiger charge is 2.19. The molecule has 222 valence electrons. The highest BCUT2D eigenvalue weighted by atomic mass is 15.0. The number of nitriles is 1. The minimum Gasteiger partial charge on any atom is -0.318 e. The Morgan fingerprint density at radius 1 is 0.500 bits per heavy atom. The third-order valence-electron chi connectivity index (χ3n) is 9.37. The molecule has 4 nitrogen and oxygen atoms in total. The molecule has 0 fully saturated rings. The molecule has 2 aromatic heterocycles. The van der Waals surface area contributed by atoms with Gasteiger partial charge in [0.2, 0.25) is 5.69 Å². The van der Waals surface area contributed by atoms with E-state index in [1.54, 1.807) is 0 Å². The minimum atomic E-state index is 0.584. The molecule has 0 N–H and O–H groups in total. The van der Waals surface area contributed by atoms with Gasteiger partial charge in [-0.05, 0) is 76.7 Å². The summed E-state index contributed by atoms with van der Waals surface area (Å²) in [7, 11) is 0. The molecule has 0 atom stereocenters. The van der Waals surface area contributed by atoms with Crippen molar-refractivity contribution in [1.29, 1.82) is 5.26 Å². The predicted molar refractivity (Wildman–Crippen MR) is 197 cm³/mol. The van der Waals surface area contributed by atoms with Crippen molar-refractivity contribution in [3.63, 3.8) is 0 Å². The van der Waals surface area contributed by atoms with Crippen LogP contribution in [0.5, 0.6) is 0 Å². The first-order valence-electron chi connectivity index (χ1n) is 15.9. The molecule has 0 unspecified atom stereocenters. The quantitative estimate of drug-likeness (QED) is 0.183. The van der Waals surface area contributed by atoms with Crippen LogP contribution in [0.2, 0.25) is 0 Å². The third kappa shape index (κ3) is 4.14. The van der Waals surface area contributed by atoms with Gasteiger partial charge < -0.3 is 9.13 Å². The number of aromatic nitrogens is 2. The molecule has 0 aliphatic carbocycles. The molecule has 48 heavy (non-hydrogen) atoms. The molecular formula is C44H26N4. The molecule has 9 rings (SSSR count). The van der Waals surface area contributed by atoms with E-state index in [9.17, 15) is 5.26 Å². The summed E-state index contributed by atoms with van der Waals surface area (Å²) in [6, 6.07) is 56.7. The fourth-order valence-electron chi connectivity index (χ4n) is 7.24. The van der Waals surface area contributed by atoms with Crippen molar-refractivity contribution < 1.29 is 0 Å². The summed E-state index contributed by atoms with van der Waals surface area (Å²) >= 11 is 0. The summed E-state index contributed by atoms with van der Waals surface area (Å²) in [6.07, 6.45) is 0. The number of fused-ring (bicyclic) bond motifs is 6. The van der Waals surface area contributed by atoms with Crippen molar-refractivity contribution in [2.24, 2.45) is 0 Å². The minimum absolute atomic E-state index is 0.584. The van der Waals surface area contributed by atoms with Crippen LogP contribution in [0.15, 0.2) is 158 Å². The smallest absolute Gasteiger partial charge is 0.211 e. The number of benzene rings is 7. The zero-order chi connectivity index (χ0) is 32.2. The molecule has 7 aromatic carbocycles. The van der Waals surface area contributed by atoms with Crippen molar-refractivity contribution in [2.45, 2.75) is 0 Å². The van der Waals surface area contributed by atoms with Gasteiger partial charge in [0.05, 0.1) is 46.0 Å². The van der Waals surface area contributed by atoms with E-state index in [1.165, 1.54) is 21.8 Å². The lowest BCUT2D eigenvalue weighted by Crippen LogP contribution is -1.98. The molecule has 0 bridgehead atoms. The predicted octanol–water partition coefficient (Wildman–Crippen LogP) is 11.6. The second-order valence-corrected chi connectivity index (χ2v) is 12.0. The zero-order valence-electron chi connectivity index (χ0n) is 25.8. The number of hydrogen-bond donors (Lipinski definition) is 0. The number of rotatable bonds is 4. The van der Waals surface area contributed by atoms with Crippen LogP contribution in [0.1, 0.15) is 5.56 Å². The summed E-state index contributed by atoms with van der Waals surface area (Å²) in [6.45, 7) is 7.97. The summed E-state index contributed by atoms with van der Waals surface area (Å²) in [5.41, 5.74) is 11.6. The highest BCUT2D eigenvalue weighted by molar-refractivity contribution is 6.14. The molecule has 2 heterocycles. The highest BCUT2D eigenvalue weighted by Crippen LogP contribution is 2.41. The van der Waals surface area contributed by atoms with Crippen LogP contribution in [-0.4, -0.2) is 9.13 Å². The summed E-state index contributed by atoms with van der Waals surface area (Å²) in [4.78, 5) is 3.90. The van der Waals surface area contributed by atoms with Crippen molar-refractivity contribution in [2.75, 3.05) is 0 Å². The van der Waals surface area contributed by atoms with Crippen LogP contribution in [0, 0.1) is 17.9 Å². The molecule has 0 saturated carbocycles.